The van der Waals surface area contributed by atoms with Gasteiger partial charge in [0.1, 0.15) is 18.4 Å². The van der Waals surface area contributed by atoms with Crippen molar-refractivity contribution in [3.63, 3.8) is 0 Å². The third kappa shape index (κ3) is 4.37. The van der Waals surface area contributed by atoms with Crippen LogP contribution in [0.4, 0.5) is 5.69 Å². The van der Waals surface area contributed by atoms with Crippen molar-refractivity contribution < 1.29 is 24.3 Å². The molecule has 0 radical (unpaired) electrons. The number of nitrogens with zero attached hydrogens (tertiary/aromatic N) is 1. The van der Waals surface area contributed by atoms with Crippen LogP contribution in [-0.2, 0) is 11.4 Å². The van der Waals surface area contributed by atoms with Crippen LogP contribution < -0.4 is 14.8 Å². The van der Waals surface area contributed by atoms with Crippen LogP contribution in [0.15, 0.2) is 36.4 Å². The fourth-order valence-corrected chi connectivity index (χ4v) is 4.15. The number of carboxylic acids is 1. The number of rotatable bonds is 7. The van der Waals surface area contributed by atoms with E-state index in [-0.39, 0.29) is 23.4 Å². The summed E-state index contributed by atoms with van der Waals surface area (Å²) in [6.45, 7) is 1.92. The van der Waals surface area contributed by atoms with Crippen LogP contribution in [0.25, 0.3) is 0 Å². The van der Waals surface area contributed by atoms with E-state index in [0.717, 1.165) is 16.7 Å². The van der Waals surface area contributed by atoms with Crippen LogP contribution in [0.2, 0.25) is 0 Å². The Labute approximate surface area is 166 Å². The highest BCUT2D eigenvalue weighted by Gasteiger charge is 2.30. The van der Waals surface area contributed by atoms with Crippen molar-refractivity contribution in [2.45, 2.75) is 24.9 Å². The molecule has 0 bridgehead atoms. The number of hydrogen-bond donors (Lipinski definition) is 2. The second-order valence-corrected chi connectivity index (χ2v) is 7.50. The van der Waals surface area contributed by atoms with E-state index in [0.29, 0.717) is 11.5 Å². The van der Waals surface area contributed by atoms with Gasteiger partial charge in [-0.1, -0.05) is 12.1 Å². The number of thioether (sulfide) groups is 1. The van der Waals surface area contributed by atoms with E-state index >= 15 is 0 Å². The molecule has 0 aromatic heterocycles. The summed E-state index contributed by atoms with van der Waals surface area (Å²) in [5.41, 5.74) is 2.37. The lowest BCUT2D eigenvalue weighted by molar-refractivity contribution is -0.386. The number of aryl methyl sites for hydroxylation is 1. The monoisotopic (exact) mass is 404 g/mol. The van der Waals surface area contributed by atoms with Gasteiger partial charge in [-0.05, 0) is 36.2 Å². The Balaban J connectivity index is 1.81. The Kier molecular flexibility index (Phi) is 6.05. The molecule has 1 saturated heterocycles. The molecule has 1 aliphatic rings. The van der Waals surface area contributed by atoms with Crippen molar-refractivity contribution >= 4 is 23.4 Å². The van der Waals surface area contributed by atoms with E-state index in [1.807, 2.05) is 19.1 Å². The lowest BCUT2D eigenvalue weighted by atomic mass is 10.1. The van der Waals surface area contributed by atoms with Crippen molar-refractivity contribution in [1.29, 1.82) is 0 Å². The average Bonchev–Trinajstić information content (AvgIpc) is 3.16. The molecule has 8 nitrogen and oxygen atoms in total. The van der Waals surface area contributed by atoms with E-state index in [2.05, 4.69) is 5.32 Å². The first-order valence-corrected chi connectivity index (χ1v) is 9.59. The number of nitro benzene ring substituents is 1. The van der Waals surface area contributed by atoms with E-state index in [1.54, 1.807) is 18.2 Å². The number of carboxylic acid groups (broad SMARTS) is 1. The summed E-state index contributed by atoms with van der Waals surface area (Å²) in [4.78, 5) is 21.9. The Hall–Kier alpha value is -2.78. The molecular weight excluding hydrogens is 384 g/mol. The van der Waals surface area contributed by atoms with Crippen LogP contribution in [0.3, 0.4) is 0 Å². The summed E-state index contributed by atoms with van der Waals surface area (Å²) in [7, 11) is 1.54. The average molecular weight is 404 g/mol. The van der Waals surface area contributed by atoms with Gasteiger partial charge >= 0.3 is 11.7 Å². The number of nitro groups is 1. The summed E-state index contributed by atoms with van der Waals surface area (Å²) in [5.74, 6) is 0.389. The molecule has 148 valence electrons. The fourth-order valence-electron chi connectivity index (χ4n) is 2.92. The summed E-state index contributed by atoms with van der Waals surface area (Å²) in [6.07, 6.45) is 0. The van der Waals surface area contributed by atoms with Gasteiger partial charge in [0.2, 0.25) is 0 Å². The summed E-state index contributed by atoms with van der Waals surface area (Å²) in [5, 5.41) is 23.3. The number of nitrogens with one attached hydrogen (secondary N) is 1. The normalized spacial score (nSPS) is 18.6. The maximum absolute atomic E-state index is 11.2. The third-order valence-electron chi connectivity index (χ3n) is 4.38. The molecular formula is C19H20N2O6S. The van der Waals surface area contributed by atoms with Crippen LogP contribution in [-0.4, -0.2) is 34.9 Å². The van der Waals surface area contributed by atoms with E-state index in [9.17, 15) is 14.9 Å². The van der Waals surface area contributed by atoms with Gasteiger partial charge in [-0.25, -0.2) is 0 Å². The molecule has 1 heterocycles. The second-order valence-electron chi connectivity index (χ2n) is 6.36. The molecule has 28 heavy (non-hydrogen) atoms. The predicted octanol–water partition coefficient (Wildman–Crippen LogP) is 3.28. The topological polar surface area (TPSA) is 111 Å². The fraction of sp³-hybridized carbons (Fsp3) is 0.316. The van der Waals surface area contributed by atoms with Gasteiger partial charge in [-0.2, -0.15) is 0 Å². The molecule has 3 rings (SSSR count). The molecule has 2 aromatic carbocycles. The molecule has 0 amide bonds. The summed E-state index contributed by atoms with van der Waals surface area (Å²) >= 11 is 1.51. The van der Waals surface area contributed by atoms with Gasteiger partial charge in [-0.15, -0.1) is 11.8 Å². The van der Waals surface area contributed by atoms with Gasteiger partial charge in [-0.3, -0.25) is 20.2 Å². The smallest absolute Gasteiger partial charge is 0.321 e. The number of ether oxygens (including phenoxy) is 2. The van der Waals surface area contributed by atoms with Crippen LogP contribution >= 0.6 is 11.8 Å². The lowest BCUT2D eigenvalue weighted by Crippen LogP contribution is -2.33. The zero-order valence-corrected chi connectivity index (χ0v) is 16.2. The zero-order valence-electron chi connectivity index (χ0n) is 15.4. The highest BCUT2D eigenvalue weighted by Crippen LogP contribution is 2.36. The Morgan fingerprint density at radius 3 is 2.75 bits per heavy atom. The quantitative estimate of drug-likeness (QED) is 0.534. The number of benzene rings is 2. The summed E-state index contributed by atoms with van der Waals surface area (Å²) in [6, 6.07) is 9.64. The molecule has 0 saturated carbocycles. The maximum atomic E-state index is 11.2. The molecule has 0 aliphatic carbocycles. The number of aliphatic carboxylic acids is 1. The maximum Gasteiger partial charge on any atom is 0.321 e. The second kappa shape index (κ2) is 8.49. The minimum Gasteiger partial charge on any atom is -0.496 e. The lowest BCUT2D eigenvalue weighted by Gasteiger charge is -2.16. The molecule has 2 aromatic rings. The van der Waals surface area contributed by atoms with Crippen molar-refractivity contribution in [3.05, 3.63) is 63.2 Å². The first-order chi connectivity index (χ1) is 13.4. The van der Waals surface area contributed by atoms with Crippen LogP contribution in [0.5, 0.6) is 11.5 Å². The standard InChI is InChI=1S/C19H20N2O6S/c1-11-3-5-15(21(24)25)17(7-11)27-9-13-8-12(4-6-16(13)26-2)18-20-14(10-28-18)19(22)23/h3-8,14,18,20H,9-10H2,1-2H3,(H,22,23)/t14-,18+/m1/s1. The van der Waals surface area contributed by atoms with Gasteiger partial charge in [0.05, 0.1) is 17.4 Å². The predicted molar refractivity (Wildman–Crippen MR) is 105 cm³/mol. The molecule has 0 spiro atoms. The van der Waals surface area contributed by atoms with Gasteiger partial charge in [0, 0.05) is 17.4 Å². The number of methoxy groups -OCH3 is 1. The first-order valence-electron chi connectivity index (χ1n) is 8.54. The zero-order chi connectivity index (χ0) is 20.3. The molecule has 2 N–H and O–H groups in total. The minimum atomic E-state index is -0.876. The SMILES string of the molecule is COc1ccc([C@H]2N[C@@H](C(=O)O)CS2)cc1COc1cc(C)ccc1[N+](=O)[O-]. The highest BCUT2D eigenvalue weighted by molar-refractivity contribution is 7.99. The van der Waals surface area contributed by atoms with E-state index < -0.39 is 16.9 Å². The van der Waals surface area contributed by atoms with Crippen LogP contribution in [0, 0.1) is 17.0 Å². The summed E-state index contributed by atoms with van der Waals surface area (Å²) < 4.78 is 11.1. The third-order valence-corrected chi connectivity index (χ3v) is 5.65. The molecule has 9 heteroatoms. The van der Waals surface area contributed by atoms with Crippen LogP contribution in [0.1, 0.15) is 22.1 Å². The largest absolute Gasteiger partial charge is 0.496 e. The molecule has 1 aliphatic heterocycles. The minimum absolute atomic E-state index is 0.0844. The Morgan fingerprint density at radius 1 is 1.32 bits per heavy atom. The van der Waals surface area contributed by atoms with E-state index in [1.165, 1.54) is 24.9 Å². The van der Waals surface area contributed by atoms with Crippen molar-refractivity contribution in [2.75, 3.05) is 12.9 Å². The number of carbonyl (C=O) groups is 1. The molecule has 0 unspecified atom stereocenters. The van der Waals surface area contributed by atoms with Crippen molar-refractivity contribution in [2.24, 2.45) is 0 Å². The van der Waals surface area contributed by atoms with Gasteiger partial charge in [0.25, 0.3) is 0 Å². The Morgan fingerprint density at radius 2 is 2.11 bits per heavy atom. The van der Waals surface area contributed by atoms with E-state index in [4.69, 9.17) is 14.6 Å². The van der Waals surface area contributed by atoms with Crippen molar-refractivity contribution in [3.8, 4) is 11.5 Å². The highest BCUT2D eigenvalue weighted by atomic mass is 32.2. The Bertz CT molecular complexity index is 904. The first kappa shape index (κ1) is 20.0. The number of hydrogen-bond acceptors (Lipinski definition) is 7. The van der Waals surface area contributed by atoms with Gasteiger partial charge in [0.15, 0.2) is 5.75 Å². The molecule has 2 atom stereocenters. The molecule has 1 fully saturated rings. The van der Waals surface area contributed by atoms with Crippen molar-refractivity contribution in [1.82, 2.24) is 5.32 Å². The van der Waals surface area contributed by atoms with Gasteiger partial charge < -0.3 is 14.6 Å².